The number of nitrogens with one attached hydrogen (secondary N) is 1. The molecular formula is C24H25NO4. The van der Waals surface area contributed by atoms with Crippen LogP contribution >= 0.6 is 0 Å². The molecule has 0 radical (unpaired) electrons. The molecule has 150 valence electrons. The van der Waals surface area contributed by atoms with Crippen LogP contribution in [0.25, 0.3) is 0 Å². The molecule has 5 nitrogen and oxygen atoms in total. The SMILES string of the molecule is COc1cc(CNCc2ccc3c(c2)OCO3)ccc1OCCc1ccccc1. The third-order valence-corrected chi connectivity index (χ3v) is 4.81. The summed E-state index contributed by atoms with van der Waals surface area (Å²) in [6, 6.07) is 22.4. The van der Waals surface area contributed by atoms with Crippen LogP contribution in [0.15, 0.2) is 66.7 Å². The van der Waals surface area contributed by atoms with E-state index in [0.29, 0.717) is 13.4 Å². The third kappa shape index (κ3) is 5.00. The van der Waals surface area contributed by atoms with Crippen molar-refractivity contribution in [3.8, 4) is 23.0 Å². The molecule has 0 saturated heterocycles. The zero-order chi connectivity index (χ0) is 19.9. The Morgan fingerprint density at radius 1 is 0.793 bits per heavy atom. The highest BCUT2D eigenvalue weighted by Gasteiger charge is 2.13. The fourth-order valence-corrected chi connectivity index (χ4v) is 3.27. The molecule has 4 rings (SSSR count). The maximum atomic E-state index is 5.93. The first-order chi connectivity index (χ1) is 14.3. The highest BCUT2D eigenvalue weighted by molar-refractivity contribution is 5.45. The second-order valence-electron chi connectivity index (χ2n) is 6.86. The van der Waals surface area contributed by atoms with Gasteiger partial charge < -0.3 is 24.3 Å². The zero-order valence-corrected chi connectivity index (χ0v) is 16.5. The molecule has 0 unspecified atom stereocenters. The summed E-state index contributed by atoms with van der Waals surface area (Å²) in [6.45, 7) is 2.39. The van der Waals surface area contributed by atoms with E-state index in [4.69, 9.17) is 18.9 Å². The number of hydrogen-bond acceptors (Lipinski definition) is 5. The standard InChI is InChI=1S/C24H25NO4/c1-26-23-13-19(7-9-21(23)27-12-11-18-5-3-2-4-6-18)15-25-16-20-8-10-22-24(14-20)29-17-28-22/h2-10,13-14,25H,11-12,15-17H2,1H3. The molecule has 29 heavy (non-hydrogen) atoms. The van der Waals surface area contributed by atoms with E-state index in [-0.39, 0.29) is 0 Å². The number of benzene rings is 3. The van der Waals surface area contributed by atoms with E-state index in [1.54, 1.807) is 7.11 Å². The van der Waals surface area contributed by atoms with Crippen molar-refractivity contribution in [2.24, 2.45) is 0 Å². The zero-order valence-electron chi connectivity index (χ0n) is 16.5. The molecule has 5 heteroatoms. The Morgan fingerprint density at radius 2 is 1.55 bits per heavy atom. The van der Waals surface area contributed by atoms with E-state index in [1.165, 1.54) is 5.56 Å². The van der Waals surface area contributed by atoms with E-state index in [0.717, 1.165) is 53.6 Å². The van der Waals surface area contributed by atoms with Crippen LogP contribution < -0.4 is 24.3 Å². The van der Waals surface area contributed by atoms with Crippen molar-refractivity contribution in [2.45, 2.75) is 19.5 Å². The average molecular weight is 391 g/mol. The molecule has 0 amide bonds. The van der Waals surface area contributed by atoms with Gasteiger partial charge in [-0.1, -0.05) is 42.5 Å². The summed E-state index contributed by atoms with van der Waals surface area (Å²) in [5.74, 6) is 3.13. The summed E-state index contributed by atoms with van der Waals surface area (Å²) in [5.41, 5.74) is 3.55. The largest absolute Gasteiger partial charge is 0.493 e. The highest BCUT2D eigenvalue weighted by Crippen LogP contribution is 2.32. The Morgan fingerprint density at radius 3 is 2.38 bits per heavy atom. The fourth-order valence-electron chi connectivity index (χ4n) is 3.27. The second-order valence-corrected chi connectivity index (χ2v) is 6.86. The van der Waals surface area contributed by atoms with Crippen LogP contribution in [0.3, 0.4) is 0 Å². The lowest BCUT2D eigenvalue weighted by atomic mass is 10.1. The molecule has 0 bridgehead atoms. The fraction of sp³-hybridized carbons (Fsp3) is 0.250. The van der Waals surface area contributed by atoms with Crippen molar-refractivity contribution >= 4 is 0 Å². The van der Waals surface area contributed by atoms with Crippen LogP contribution in [0.5, 0.6) is 23.0 Å². The van der Waals surface area contributed by atoms with Crippen LogP contribution in [-0.2, 0) is 19.5 Å². The van der Waals surface area contributed by atoms with Gasteiger partial charge >= 0.3 is 0 Å². The third-order valence-electron chi connectivity index (χ3n) is 4.81. The minimum atomic E-state index is 0.297. The topological polar surface area (TPSA) is 49.0 Å². The Hall–Kier alpha value is -3.18. The van der Waals surface area contributed by atoms with Crippen molar-refractivity contribution < 1.29 is 18.9 Å². The first-order valence-corrected chi connectivity index (χ1v) is 9.75. The van der Waals surface area contributed by atoms with Gasteiger partial charge in [0.15, 0.2) is 23.0 Å². The van der Waals surface area contributed by atoms with Crippen molar-refractivity contribution in [1.29, 1.82) is 0 Å². The maximum Gasteiger partial charge on any atom is 0.231 e. The molecule has 0 aliphatic carbocycles. The van der Waals surface area contributed by atoms with Gasteiger partial charge in [0.25, 0.3) is 0 Å². The molecule has 0 saturated carbocycles. The smallest absolute Gasteiger partial charge is 0.231 e. The lowest BCUT2D eigenvalue weighted by Crippen LogP contribution is -2.12. The average Bonchev–Trinajstić information content (AvgIpc) is 3.23. The van der Waals surface area contributed by atoms with Gasteiger partial charge in [0.2, 0.25) is 6.79 Å². The van der Waals surface area contributed by atoms with Gasteiger partial charge in [-0.15, -0.1) is 0 Å². The van der Waals surface area contributed by atoms with Crippen molar-refractivity contribution in [2.75, 3.05) is 20.5 Å². The van der Waals surface area contributed by atoms with Crippen molar-refractivity contribution in [3.05, 3.63) is 83.4 Å². The number of hydrogen-bond donors (Lipinski definition) is 1. The van der Waals surface area contributed by atoms with Gasteiger partial charge in [-0.05, 0) is 41.0 Å². The molecule has 3 aromatic carbocycles. The van der Waals surface area contributed by atoms with E-state index < -0.39 is 0 Å². The van der Waals surface area contributed by atoms with Crippen LogP contribution in [0, 0.1) is 0 Å². The molecule has 1 aliphatic heterocycles. The number of methoxy groups -OCH3 is 1. The summed E-state index contributed by atoms with van der Waals surface area (Å²) in [5, 5.41) is 3.45. The van der Waals surface area contributed by atoms with Crippen molar-refractivity contribution in [3.63, 3.8) is 0 Å². The van der Waals surface area contributed by atoms with Crippen molar-refractivity contribution in [1.82, 2.24) is 5.32 Å². The van der Waals surface area contributed by atoms with E-state index in [2.05, 4.69) is 23.5 Å². The summed E-state index contributed by atoms with van der Waals surface area (Å²) in [6.07, 6.45) is 0.864. The Bertz CT molecular complexity index is 943. The quantitative estimate of drug-likeness (QED) is 0.588. The van der Waals surface area contributed by atoms with Gasteiger partial charge in [-0.25, -0.2) is 0 Å². The second kappa shape index (κ2) is 9.34. The summed E-state index contributed by atoms with van der Waals surface area (Å²) >= 11 is 0. The lowest BCUT2D eigenvalue weighted by Gasteiger charge is -2.13. The summed E-state index contributed by atoms with van der Waals surface area (Å²) in [7, 11) is 1.67. The van der Waals surface area contributed by atoms with Crippen LogP contribution in [0.4, 0.5) is 0 Å². The first kappa shape index (κ1) is 19.2. The number of rotatable bonds is 9. The van der Waals surface area contributed by atoms with Gasteiger partial charge in [-0.3, -0.25) is 0 Å². The Kier molecular flexibility index (Phi) is 6.17. The van der Waals surface area contributed by atoms with E-state index >= 15 is 0 Å². The lowest BCUT2D eigenvalue weighted by molar-refractivity contribution is 0.174. The molecular weight excluding hydrogens is 366 g/mol. The van der Waals surface area contributed by atoms with E-state index in [9.17, 15) is 0 Å². The highest BCUT2D eigenvalue weighted by atomic mass is 16.7. The number of ether oxygens (including phenoxy) is 4. The Labute approximate surface area is 171 Å². The maximum absolute atomic E-state index is 5.93. The molecule has 0 aromatic heterocycles. The molecule has 1 N–H and O–H groups in total. The normalized spacial score (nSPS) is 12.0. The van der Waals surface area contributed by atoms with E-state index in [1.807, 2.05) is 48.5 Å². The summed E-state index contributed by atoms with van der Waals surface area (Å²) in [4.78, 5) is 0. The van der Waals surface area contributed by atoms with Gasteiger partial charge in [0.1, 0.15) is 0 Å². The van der Waals surface area contributed by atoms with Gasteiger partial charge in [-0.2, -0.15) is 0 Å². The minimum Gasteiger partial charge on any atom is -0.493 e. The molecule has 1 aliphatic rings. The van der Waals surface area contributed by atoms with Crippen LogP contribution in [0.2, 0.25) is 0 Å². The number of fused-ring (bicyclic) bond motifs is 1. The molecule has 1 heterocycles. The monoisotopic (exact) mass is 391 g/mol. The minimum absolute atomic E-state index is 0.297. The van der Waals surface area contributed by atoms with Crippen LogP contribution in [-0.4, -0.2) is 20.5 Å². The molecule has 0 fully saturated rings. The molecule has 0 atom stereocenters. The predicted molar refractivity (Wildman–Crippen MR) is 112 cm³/mol. The van der Waals surface area contributed by atoms with Crippen LogP contribution in [0.1, 0.15) is 16.7 Å². The first-order valence-electron chi connectivity index (χ1n) is 9.75. The predicted octanol–water partition coefficient (Wildman–Crippen LogP) is 4.34. The molecule has 3 aromatic rings. The summed E-state index contributed by atoms with van der Waals surface area (Å²) < 4.78 is 22.2. The molecule has 0 spiro atoms. The van der Waals surface area contributed by atoms with Gasteiger partial charge in [0, 0.05) is 19.5 Å². The Balaban J connectivity index is 1.29. The van der Waals surface area contributed by atoms with Gasteiger partial charge in [0.05, 0.1) is 13.7 Å².